The first-order chi connectivity index (χ1) is 15.2. The van der Waals surface area contributed by atoms with Crippen molar-refractivity contribution in [3.63, 3.8) is 0 Å². The van der Waals surface area contributed by atoms with Crippen LogP contribution in [0.1, 0.15) is 61.8 Å². The topological polar surface area (TPSA) is 40.5 Å². The van der Waals surface area contributed by atoms with Crippen molar-refractivity contribution in [2.45, 2.75) is 56.6 Å². The van der Waals surface area contributed by atoms with Crippen molar-refractivity contribution in [1.29, 1.82) is 0 Å². The zero-order valence-electron chi connectivity index (χ0n) is 19.0. The lowest BCUT2D eigenvalue weighted by atomic mass is 9.80. The number of hydrogen-bond acceptors (Lipinski definition) is 3. The average Bonchev–Trinajstić information content (AvgIpc) is 2.73. The van der Waals surface area contributed by atoms with Crippen LogP contribution in [0.5, 0.6) is 5.75 Å². The molecule has 170 valence electrons. The summed E-state index contributed by atoms with van der Waals surface area (Å²) in [7, 11) is 0. The molecule has 0 fully saturated rings. The predicted octanol–water partition coefficient (Wildman–Crippen LogP) is 7.41. The van der Waals surface area contributed by atoms with Crippen molar-refractivity contribution < 1.29 is 19.0 Å². The normalized spacial score (nSPS) is 11.5. The monoisotopic (exact) mass is 456 g/mol. The minimum atomic E-state index is -0.499. The van der Waals surface area contributed by atoms with Gasteiger partial charge in [-0.2, -0.15) is 0 Å². The molecule has 3 aromatic carbocycles. The van der Waals surface area contributed by atoms with Crippen LogP contribution in [0.3, 0.4) is 0 Å². The third-order valence-electron chi connectivity index (χ3n) is 5.64. The molecular formula is C27H30F2O2S. The number of halogens is 2. The van der Waals surface area contributed by atoms with E-state index in [9.17, 15) is 19.0 Å². The van der Waals surface area contributed by atoms with E-state index in [0.29, 0.717) is 17.7 Å². The Labute approximate surface area is 193 Å². The summed E-state index contributed by atoms with van der Waals surface area (Å²) in [6.45, 7) is 8.46. The van der Waals surface area contributed by atoms with Gasteiger partial charge in [0.15, 0.2) is 0 Å². The number of benzene rings is 3. The summed E-state index contributed by atoms with van der Waals surface area (Å²) in [4.78, 5) is 0.937. The molecule has 0 aliphatic carbocycles. The van der Waals surface area contributed by atoms with E-state index in [1.54, 1.807) is 30.0 Å². The lowest BCUT2D eigenvalue weighted by Crippen LogP contribution is -2.09. The standard InChI is InChI=1S/C27H30F2O2S/c1-16(2)23-14-24(17(3)4)25(15-32-20-8-5-18(28)6-9-20)27(21(23)11-12-30)22-10-7-19(29)13-26(22)31/h5-10,13-14,16-17,30-31H,11-12,15H2,1-4H3. The van der Waals surface area contributed by atoms with Crippen LogP contribution < -0.4 is 0 Å². The highest BCUT2D eigenvalue weighted by Crippen LogP contribution is 2.44. The SMILES string of the molecule is CC(C)c1cc(C(C)C)c(CSc2ccc(F)cc2)c(-c2ccc(F)cc2O)c1CCO. The second-order valence-corrected chi connectivity index (χ2v) is 9.62. The molecule has 0 radical (unpaired) electrons. The number of thioether (sulfide) groups is 1. The van der Waals surface area contributed by atoms with E-state index < -0.39 is 5.82 Å². The molecule has 0 saturated heterocycles. The van der Waals surface area contributed by atoms with Gasteiger partial charge in [0, 0.05) is 28.9 Å². The number of aromatic hydroxyl groups is 1. The van der Waals surface area contributed by atoms with Gasteiger partial charge in [0.2, 0.25) is 0 Å². The van der Waals surface area contributed by atoms with Crippen molar-refractivity contribution in [3.8, 4) is 16.9 Å². The van der Waals surface area contributed by atoms with Gasteiger partial charge >= 0.3 is 0 Å². The van der Waals surface area contributed by atoms with Gasteiger partial charge < -0.3 is 10.2 Å². The van der Waals surface area contributed by atoms with Gasteiger partial charge in [-0.15, -0.1) is 11.8 Å². The Balaban J connectivity index is 2.27. The van der Waals surface area contributed by atoms with Crippen molar-refractivity contribution >= 4 is 11.8 Å². The molecule has 0 unspecified atom stereocenters. The van der Waals surface area contributed by atoms with Gasteiger partial charge in [-0.25, -0.2) is 8.78 Å². The Morgan fingerprint density at radius 2 is 1.41 bits per heavy atom. The van der Waals surface area contributed by atoms with Gasteiger partial charge in [0.05, 0.1) is 0 Å². The average molecular weight is 457 g/mol. The summed E-state index contributed by atoms with van der Waals surface area (Å²) in [6, 6.07) is 12.7. The van der Waals surface area contributed by atoms with Crippen LogP contribution in [0.25, 0.3) is 11.1 Å². The molecule has 2 nitrogen and oxygen atoms in total. The minimum Gasteiger partial charge on any atom is -0.507 e. The molecule has 3 aromatic rings. The maximum Gasteiger partial charge on any atom is 0.126 e. The molecule has 5 heteroatoms. The van der Waals surface area contributed by atoms with Crippen molar-refractivity contribution in [1.82, 2.24) is 0 Å². The minimum absolute atomic E-state index is 0.0275. The van der Waals surface area contributed by atoms with E-state index in [1.165, 1.54) is 18.2 Å². The molecule has 2 N–H and O–H groups in total. The Bertz CT molecular complexity index is 1080. The molecule has 0 aromatic heterocycles. The van der Waals surface area contributed by atoms with Crippen LogP contribution in [0.15, 0.2) is 53.4 Å². The second kappa shape index (κ2) is 10.5. The summed E-state index contributed by atoms with van der Waals surface area (Å²) in [5, 5.41) is 20.5. The summed E-state index contributed by atoms with van der Waals surface area (Å²) in [6.07, 6.45) is 0.437. The maximum atomic E-state index is 13.8. The molecule has 0 amide bonds. The van der Waals surface area contributed by atoms with Gasteiger partial charge in [0.1, 0.15) is 17.4 Å². The second-order valence-electron chi connectivity index (χ2n) is 8.57. The smallest absolute Gasteiger partial charge is 0.126 e. The van der Waals surface area contributed by atoms with Crippen molar-refractivity contribution in [2.24, 2.45) is 0 Å². The quantitative estimate of drug-likeness (QED) is 0.347. The largest absolute Gasteiger partial charge is 0.507 e. The molecule has 0 atom stereocenters. The fourth-order valence-electron chi connectivity index (χ4n) is 4.11. The molecule has 0 spiro atoms. The third-order valence-corrected chi connectivity index (χ3v) is 6.68. The summed E-state index contributed by atoms with van der Waals surface area (Å²) in [5.74, 6) is 0.145. The van der Waals surface area contributed by atoms with E-state index in [-0.39, 0.29) is 30.0 Å². The molecular weight excluding hydrogens is 426 g/mol. The van der Waals surface area contributed by atoms with Crippen LogP contribution in [0.4, 0.5) is 8.78 Å². The maximum absolute atomic E-state index is 13.8. The van der Waals surface area contributed by atoms with Gasteiger partial charge in [-0.3, -0.25) is 0 Å². The number of aliphatic hydroxyl groups excluding tert-OH is 1. The molecule has 32 heavy (non-hydrogen) atoms. The van der Waals surface area contributed by atoms with Crippen LogP contribution in [0.2, 0.25) is 0 Å². The Hall–Kier alpha value is -2.37. The van der Waals surface area contributed by atoms with E-state index in [0.717, 1.165) is 38.8 Å². The van der Waals surface area contributed by atoms with Crippen molar-refractivity contribution in [3.05, 3.63) is 82.4 Å². The van der Waals surface area contributed by atoms with E-state index in [1.807, 2.05) is 0 Å². The summed E-state index contributed by atoms with van der Waals surface area (Å²) >= 11 is 1.59. The van der Waals surface area contributed by atoms with Crippen LogP contribution in [-0.2, 0) is 12.2 Å². The van der Waals surface area contributed by atoms with Gasteiger partial charge in [-0.05, 0) is 82.5 Å². The first-order valence-corrected chi connectivity index (χ1v) is 11.9. The molecule has 3 rings (SSSR count). The van der Waals surface area contributed by atoms with E-state index in [2.05, 4.69) is 33.8 Å². The number of aliphatic hydroxyl groups is 1. The van der Waals surface area contributed by atoms with Crippen LogP contribution in [0, 0.1) is 11.6 Å². The molecule has 0 aliphatic rings. The number of rotatable bonds is 8. The molecule has 0 saturated carbocycles. The van der Waals surface area contributed by atoms with E-state index >= 15 is 0 Å². The predicted molar refractivity (Wildman–Crippen MR) is 128 cm³/mol. The zero-order valence-corrected chi connectivity index (χ0v) is 19.8. The first kappa shape index (κ1) is 24.3. The number of phenols is 1. The lowest BCUT2D eigenvalue weighted by molar-refractivity contribution is 0.299. The third kappa shape index (κ3) is 5.33. The van der Waals surface area contributed by atoms with Gasteiger partial charge in [-0.1, -0.05) is 33.8 Å². The molecule has 0 aliphatic heterocycles. The zero-order chi connectivity index (χ0) is 23.4. The van der Waals surface area contributed by atoms with E-state index in [4.69, 9.17) is 0 Å². The molecule has 0 bridgehead atoms. The lowest BCUT2D eigenvalue weighted by Gasteiger charge is -2.26. The first-order valence-electron chi connectivity index (χ1n) is 10.9. The summed E-state index contributed by atoms with van der Waals surface area (Å²) < 4.78 is 27.1. The number of hydrogen-bond donors (Lipinski definition) is 2. The highest BCUT2D eigenvalue weighted by molar-refractivity contribution is 7.98. The van der Waals surface area contributed by atoms with Crippen LogP contribution in [-0.4, -0.2) is 16.8 Å². The van der Waals surface area contributed by atoms with Crippen molar-refractivity contribution in [2.75, 3.05) is 6.61 Å². The highest BCUT2D eigenvalue weighted by Gasteiger charge is 2.23. The Kier molecular flexibility index (Phi) is 7.96. The Morgan fingerprint density at radius 1 is 0.812 bits per heavy atom. The van der Waals surface area contributed by atoms with Crippen LogP contribution >= 0.6 is 11.8 Å². The van der Waals surface area contributed by atoms with Gasteiger partial charge in [0.25, 0.3) is 0 Å². The molecule has 0 heterocycles. The number of phenolic OH excluding ortho intramolecular Hbond substituents is 1. The Morgan fingerprint density at radius 3 is 1.97 bits per heavy atom. The fourth-order valence-corrected chi connectivity index (χ4v) is 5.06. The fraction of sp³-hybridized carbons (Fsp3) is 0.333. The highest BCUT2D eigenvalue weighted by atomic mass is 32.2. The summed E-state index contributed by atoms with van der Waals surface area (Å²) in [5.41, 5.74) is 5.73.